The highest BCUT2D eigenvalue weighted by atomic mass is 16.5. The number of carbonyl (C=O) groups is 1. The van der Waals surface area contributed by atoms with Gasteiger partial charge >= 0.3 is 5.97 Å². The molecule has 0 aliphatic carbocycles. The third-order valence-corrected chi connectivity index (χ3v) is 4.97. The maximum absolute atomic E-state index is 10.9. The minimum atomic E-state index is -0.334. The minimum Gasteiger partial charge on any atom is -0.494 e. The molecule has 0 amide bonds. The quantitative estimate of drug-likeness (QED) is 0.137. The van der Waals surface area contributed by atoms with Gasteiger partial charge in [0.15, 0.2) is 0 Å². The van der Waals surface area contributed by atoms with Crippen LogP contribution in [0.15, 0.2) is 66.2 Å². The summed E-state index contributed by atoms with van der Waals surface area (Å²) >= 11 is 0. The maximum atomic E-state index is 10.9. The highest BCUT2D eigenvalue weighted by Gasteiger charge is 1.98. The van der Waals surface area contributed by atoms with Crippen LogP contribution in [0.2, 0.25) is 0 Å². The third-order valence-electron chi connectivity index (χ3n) is 4.97. The van der Waals surface area contributed by atoms with Crippen molar-refractivity contribution in [3.05, 3.63) is 72.3 Å². The number of unbranched alkanes of at least 4 members (excludes halogenated alkanes) is 5. The molecule has 0 aliphatic rings. The number of benzene rings is 2. The molecule has 2 aromatic carbocycles. The first-order chi connectivity index (χ1) is 15.2. The molecule has 0 aromatic heterocycles. The van der Waals surface area contributed by atoms with Crippen LogP contribution in [0.4, 0.5) is 5.69 Å². The first-order valence-corrected chi connectivity index (χ1v) is 11.4. The first kappa shape index (κ1) is 24.4. The second-order valence-electron chi connectivity index (χ2n) is 7.59. The van der Waals surface area contributed by atoms with Crippen molar-refractivity contribution in [2.75, 3.05) is 13.2 Å². The number of rotatable bonds is 15. The lowest BCUT2D eigenvalue weighted by atomic mass is 10.0. The Morgan fingerprint density at radius 3 is 2.32 bits per heavy atom. The van der Waals surface area contributed by atoms with Gasteiger partial charge in [-0.1, -0.05) is 63.5 Å². The van der Waals surface area contributed by atoms with E-state index in [1.807, 2.05) is 30.5 Å². The molecule has 166 valence electrons. The Kier molecular flexibility index (Phi) is 11.8. The molecular weight excluding hydrogens is 386 g/mol. The summed E-state index contributed by atoms with van der Waals surface area (Å²) in [5, 5.41) is 0. The summed E-state index contributed by atoms with van der Waals surface area (Å²) in [6.45, 7) is 6.80. The molecule has 4 heteroatoms. The lowest BCUT2D eigenvalue weighted by molar-refractivity contribution is -0.137. The van der Waals surface area contributed by atoms with Crippen molar-refractivity contribution in [3.8, 4) is 5.75 Å². The Morgan fingerprint density at radius 1 is 0.903 bits per heavy atom. The first-order valence-electron chi connectivity index (χ1n) is 11.4. The van der Waals surface area contributed by atoms with Gasteiger partial charge in [0.25, 0.3) is 0 Å². The predicted octanol–water partition coefficient (Wildman–Crippen LogP) is 6.84. The number of hydrogen-bond acceptors (Lipinski definition) is 4. The van der Waals surface area contributed by atoms with Crippen LogP contribution in [0.5, 0.6) is 5.75 Å². The smallest absolute Gasteiger partial charge is 0.330 e. The Bertz CT molecular complexity index is 794. The maximum Gasteiger partial charge on any atom is 0.330 e. The molecule has 0 aliphatic heterocycles. The van der Waals surface area contributed by atoms with Crippen LogP contribution in [0.3, 0.4) is 0 Å². The number of aryl methyl sites for hydroxylation is 1. The fraction of sp³-hybridized carbons (Fsp3) is 0.407. The van der Waals surface area contributed by atoms with Crippen molar-refractivity contribution in [1.29, 1.82) is 0 Å². The van der Waals surface area contributed by atoms with Crippen LogP contribution in [-0.2, 0) is 16.0 Å². The molecule has 0 spiro atoms. The molecule has 31 heavy (non-hydrogen) atoms. The molecule has 0 N–H and O–H groups in total. The van der Waals surface area contributed by atoms with Gasteiger partial charge in [-0.05, 0) is 61.1 Å². The summed E-state index contributed by atoms with van der Waals surface area (Å²) < 4.78 is 10.7. The van der Waals surface area contributed by atoms with Crippen LogP contribution in [-0.4, -0.2) is 25.4 Å². The van der Waals surface area contributed by atoms with E-state index in [1.165, 1.54) is 30.9 Å². The molecule has 0 bridgehead atoms. The normalized spacial score (nSPS) is 10.9. The second-order valence-corrected chi connectivity index (χ2v) is 7.59. The second kappa shape index (κ2) is 15.0. The van der Waals surface area contributed by atoms with E-state index in [4.69, 9.17) is 9.47 Å². The van der Waals surface area contributed by atoms with E-state index >= 15 is 0 Å². The van der Waals surface area contributed by atoms with Crippen molar-refractivity contribution in [3.63, 3.8) is 0 Å². The molecule has 0 atom stereocenters. The van der Waals surface area contributed by atoms with Crippen LogP contribution in [0, 0.1) is 0 Å². The zero-order valence-electron chi connectivity index (χ0n) is 18.7. The van der Waals surface area contributed by atoms with E-state index in [2.05, 4.69) is 42.8 Å². The van der Waals surface area contributed by atoms with Gasteiger partial charge in [-0.25, -0.2) is 4.79 Å². The van der Waals surface area contributed by atoms with Crippen molar-refractivity contribution in [2.45, 2.75) is 58.3 Å². The Balaban J connectivity index is 1.64. The van der Waals surface area contributed by atoms with E-state index in [1.54, 1.807) is 0 Å². The van der Waals surface area contributed by atoms with Crippen molar-refractivity contribution >= 4 is 17.9 Å². The van der Waals surface area contributed by atoms with Gasteiger partial charge in [-0.3, -0.25) is 4.99 Å². The lowest BCUT2D eigenvalue weighted by Gasteiger charge is -2.05. The fourth-order valence-corrected chi connectivity index (χ4v) is 3.08. The fourth-order valence-electron chi connectivity index (χ4n) is 3.08. The molecule has 0 saturated carbocycles. The molecule has 0 unspecified atom stereocenters. The van der Waals surface area contributed by atoms with Crippen molar-refractivity contribution < 1.29 is 14.3 Å². The minimum absolute atomic E-state index is 0.334. The average molecular weight is 422 g/mol. The summed E-state index contributed by atoms with van der Waals surface area (Å²) in [5.74, 6) is 0.562. The Hall–Kier alpha value is -2.88. The zero-order valence-corrected chi connectivity index (χ0v) is 18.7. The standard InChI is InChI=1S/C27H35NO3/c1-3-5-20-30-26-18-16-25(17-19-26)28-22-24-14-12-23(13-15-24)11-9-7-6-8-10-21-31-27(29)4-2/h4,12-19,22H,2-3,5-11,20-21H2,1H3. The predicted molar refractivity (Wildman–Crippen MR) is 128 cm³/mol. The number of carbonyl (C=O) groups excluding carboxylic acids is 1. The monoisotopic (exact) mass is 421 g/mol. The highest BCUT2D eigenvalue weighted by Crippen LogP contribution is 2.18. The number of aliphatic imine (C=N–C) groups is 1. The molecule has 0 fully saturated rings. The van der Waals surface area contributed by atoms with Gasteiger partial charge in [-0.15, -0.1) is 0 Å². The molecule has 2 rings (SSSR count). The molecule has 0 saturated heterocycles. The number of nitrogens with zero attached hydrogens (tertiary/aromatic N) is 1. The summed E-state index contributed by atoms with van der Waals surface area (Å²) in [4.78, 5) is 15.5. The summed E-state index contributed by atoms with van der Waals surface area (Å²) in [6.07, 6.45) is 11.9. The number of esters is 1. The Morgan fingerprint density at radius 2 is 1.61 bits per heavy atom. The highest BCUT2D eigenvalue weighted by molar-refractivity contribution is 5.82. The van der Waals surface area contributed by atoms with Gasteiger partial charge in [-0.2, -0.15) is 0 Å². The average Bonchev–Trinajstić information content (AvgIpc) is 2.81. The lowest BCUT2D eigenvalue weighted by Crippen LogP contribution is -2.01. The molecule has 0 heterocycles. The van der Waals surface area contributed by atoms with Crippen LogP contribution >= 0.6 is 0 Å². The molecule has 4 nitrogen and oxygen atoms in total. The van der Waals surface area contributed by atoms with Gasteiger partial charge in [0, 0.05) is 12.3 Å². The molecule has 0 radical (unpaired) electrons. The van der Waals surface area contributed by atoms with Crippen molar-refractivity contribution in [1.82, 2.24) is 0 Å². The van der Waals surface area contributed by atoms with E-state index in [0.717, 1.165) is 55.7 Å². The van der Waals surface area contributed by atoms with Crippen LogP contribution < -0.4 is 4.74 Å². The topological polar surface area (TPSA) is 47.9 Å². The van der Waals surface area contributed by atoms with Crippen LogP contribution in [0.25, 0.3) is 0 Å². The van der Waals surface area contributed by atoms with Crippen molar-refractivity contribution in [2.24, 2.45) is 4.99 Å². The third kappa shape index (κ3) is 10.6. The van der Waals surface area contributed by atoms with Gasteiger partial charge in [0.05, 0.1) is 18.9 Å². The van der Waals surface area contributed by atoms with Gasteiger partial charge in [0.1, 0.15) is 5.75 Å². The van der Waals surface area contributed by atoms with E-state index in [9.17, 15) is 4.79 Å². The summed E-state index contributed by atoms with van der Waals surface area (Å²) in [5.41, 5.74) is 3.37. The van der Waals surface area contributed by atoms with Crippen LogP contribution in [0.1, 0.15) is 63.0 Å². The van der Waals surface area contributed by atoms with E-state index < -0.39 is 0 Å². The summed E-state index contributed by atoms with van der Waals surface area (Å²) in [7, 11) is 0. The van der Waals surface area contributed by atoms with Gasteiger partial charge in [0.2, 0.25) is 0 Å². The molecule has 2 aromatic rings. The van der Waals surface area contributed by atoms with E-state index in [0.29, 0.717) is 6.61 Å². The SMILES string of the molecule is C=CC(=O)OCCCCCCCc1ccc(C=Nc2ccc(OCCCC)cc2)cc1. The van der Waals surface area contributed by atoms with E-state index in [-0.39, 0.29) is 5.97 Å². The van der Waals surface area contributed by atoms with Gasteiger partial charge < -0.3 is 9.47 Å². The number of hydrogen-bond donors (Lipinski definition) is 0. The Labute approximate surface area is 187 Å². The summed E-state index contributed by atoms with van der Waals surface area (Å²) in [6, 6.07) is 16.5. The zero-order chi connectivity index (χ0) is 22.2. The molecular formula is C27H35NO3. The largest absolute Gasteiger partial charge is 0.494 e. The number of ether oxygens (including phenoxy) is 2.